The molecule has 0 saturated carbocycles. The summed E-state index contributed by atoms with van der Waals surface area (Å²) in [6.07, 6.45) is 2.26. The van der Waals surface area contributed by atoms with Crippen LogP contribution in [0, 0.1) is 6.92 Å². The Bertz CT molecular complexity index is 673. The summed E-state index contributed by atoms with van der Waals surface area (Å²) >= 11 is 1.59. The monoisotopic (exact) mass is 278 g/mol. The van der Waals surface area contributed by atoms with Crippen molar-refractivity contribution in [3.63, 3.8) is 0 Å². The van der Waals surface area contributed by atoms with Crippen LogP contribution >= 0.6 is 11.3 Å². The minimum absolute atomic E-state index is 0.212. The third kappa shape index (κ3) is 2.90. The molecule has 0 radical (unpaired) electrons. The molecule has 0 unspecified atom stereocenters. The van der Waals surface area contributed by atoms with Crippen molar-refractivity contribution in [2.24, 2.45) is 0 Å². The molecule has 0 fully saturated rings. The minimum Gasteiger partial charge on any atom is -0.477 e. The Balaban J connectivity index is 2.36. The van der Waals surface area contributed by atoms with Crippen LogP contribution in [-0.4, -0.2) is 20.6 Å². The Hall–Kier alpha value is -1.95. The van der Waals surface area contributed by atoms with Crippen LogP contribution in [0.15, 0.2) is 22.4 Å². The van der Waals surface area contributed by atoms with Crippen LogP contribution in [0.1, 0.15) is 33.7 Å². The van der Waals surface area contributed by atoms with Crippen molar-refractivity contribution < 1.29 is 9.90 Å². The van der Waals surface area contributed by atoms with Crippen molar-refractivity contribution in [1.82, 2.24) is 9.55 Å². The molecular weight excluding hydrogens is 264 g/mol. The second kappa shape index (κ2) is 5.36. The van der Waals surface area contributed by atoms with Crippen molar-refractivity contribution in [3.05, 3.63) is 49.8 Å². The van der Waals surface area contributed by atoms with E-state index < -0.39 is 11.4 Å². The minimum atomic E-state index is -1.20. The Morgan fingerprint density at radius 2 is 2.26 bits per heavy atom. The summed E-state index contributed by atoms with van der Waals surface area (Å²) < 4.78 is 1.74. The second-order valence-electron chi connectivity index (χ2n) is 4.21. The molecule has 2 heterocycles. The van der Waals surface area contributed by atoms with Gasteiger partial charge in [0.2, 0.25) is 0 Å². The van der Waals surface area contributed by atoms with Gasteiger partial charge in [0, 0.05) is 23.3 Å². The predicted molar refractivity (Wildman–Crippen MR) is 73.0 cm³/mol. The molecule has 2 rings (SSSR count). The lowest BCUT2D eigenvalue weighted by atomic mass is 10.2. The van der Waals surface area contributed by atoms with Crippen molar-refractivity contribution in [3.8, 4) is 0 Å². The summed E-state index contributed by atoms with van der Waals surface area (Å²) in [6.45, 7) is 4.29. The summed E-state index contributed by atoms with van der Waals surface area (Å²) in [5, 5.41) is 12.0. The first kappa shape index (κ1) is 13.5. The number of carboxylic acids is 1. The zero-order valence-electron chi connectivity index (χ0n) is 10.7. The fraction of sp³-hybridized carbons (Fsp3) is 0.308. The van der Waals surface area contributed by atoms with Gasteiger partial charge in [0.05, 0.1) is 17.2 Å². The molecule has 0 aliphatic heterocycles. The summed E-state index contributed by atoms with van der Waals surface area (Å²) in [5.41, 5.74) is 0.927. The van der Waals surface area contributed by atoms with Crippen LogP contribution < -0.4 is 5.43 Å². The molecule has 1 N–H and O–H groups in total. The molecule has 0 atom stereocenters. The van der Waals surface area contributed by atoms with E-state index in [0.29, 0.717) is 6.54 Å². The number of carbonyl (C=O) groups is 1. The highest BCUT2D eigenvalue weighted by atomic mass is 32.1. The fourth-order valence-electron chi connectivity index (χ4n) is 1.76. The van der Waals surface area contributed by atoms with E-state index in [9.17, 15) is 9.59 Å². The summed E-state index contributed by atoms with van der Waals surface area (Å²) in [7, 11) is 0. The highest BCUT2D eigenvalue weighted by molar-refractivity contribution is 7.09. The maximum atomic E-state index is 11.5. The van der Waals surface area contributed by atoms with Gasteiger partial charge in [-0.2, -0.15) is 0 Å². The summed E-state index contributed by atoms with van der Waals surface area (Å²) in [5.74, 6) is -1.20. The van der Waals surface area contributed by atoms with Gasteiger partial charge in [-0.05, 0) is 13.3 Å². The number of hydrogen-bond donors (Lipinski definition) is 1. The highest BCUT2D eigenvalue weighted by Crippen LogP contribution is 2.12. The molecule has 19 heavy (non-hydrogen) atoms. The van der Waals surface area contributed by atoms with Crippen LogP contribution in [0.5, 0.6) is 0 Å². The maximum absolute atomic E-state index is 11.5. The van der Waals surface area contributed by atoms with Crippen molar-refractivity contribution >= 4 is 17.3 Å². The largest absolute Gasteiger partial charge is 0.477 e. The smallest absolute Gasteiger partial charge is 0.341 e. The van der Waals surface area contributed by atoms with Crippen LogP contribution in [0.3, 0.4) is 0 Å². The van der Waals surface area contributed by atoms with E-state index in [4.69, 9.17) is 5.11 Å². The highest BCUT2D eigenvalue weighted by Gasteiger charge is 2.11. The van der Waals surface area contributed by atoms with Gasteiger partial charge in [-0.15, -0.1) is 11.3 Å². The number of rotatable bonds is 4. The fourth-order valence-corrected chi connectivity index (χ4v) is 2.50. The first-order chi connectivity index (χ1) is 9.01. The van der Waals surface area contributed by atoms with Crippen molar-refractivity contribution in [2.45, 2.75) is 26.8 Å². The van der Waals surface area contributed by atoms with Gasteiger partial charge in [-0.1, -0.05) is 6.92 Å². The van der Waals surface area contributed by atoms with E-state index in [-0.39, 0.29) is 5.56 Å². The molecule has 0 aliphatic rings. The SMILES string of the molecule is CCc1nc(Cn2cc(C(=O)O)c(=O)cc2C)cs1. The zero-order chi connectivity index (χ0) is 14.0. The van der Waals surface area contributed by atoms with E-state index in [2.05, 4.69) is 4.98 Å². The van der Waals surface area contributed by atoms with E-state index >= 15 is 0 Å². The van der Waals surface area contributed by atoms with Crippen molar-refractivity contribution in [2.75, 3.05) is 0 Å². The average Bonchev–Trinajstić information content (AvgIpc) is 2.80. The lowest BCUT2D eigenvalue weighted by molar-refractivity contribution is 0.0694. The summed E-state index contributed by atoms with van der Waals surface area (Å²) in [4.78, 5) is 26.9. The number of aromatic nitrogens is 2. The van der Waals surface area contributed by atoms with E-state index in [0.717, 1.165) is 22.8 Å². The van der Waals surface area contributed by atoms with E-state index in [1.807, 2.05) is 12.3 Å². The Labute approximate surface area is 114 Å². The standard InChI is InChI=1S/C13H14N2O3S/c1-3-12-14-9(7-19-12)5-15-6-10(13(17)18)11(16)4-8(15)2/h4,6-7H,3,5H2,1-2H3,(H,17,18). The average molecular weight is 278 g/mol. The Morgan fingerprint density at radius 3 is 2.84 bits per heavy atom. The van der Waals surface area contributed by atoms with Crippen LogP contribution in [-0.2, 0) is 13.0 Å². The number of nitrogens with zero attached hydrogens (tertiary/aromatic N) is 2. The maximum Gasteiger partial charge on any atom is 0.341 e. The zero-order valence-corrected chi connectivity index (χ0v) is 11.5. The van der Waals surface area contributed by atoms with Gasteiger partial charge in [-0.25, -0.2) is 9.78 Å². The molecule has 0 aliphatic carbocycles. The van der Waals surface area contributed by atoms with Gasteiger partial charge in [0.25, 0.3) is 0 Å². The number of hydrogen-bond acceptors (Lipinski definition) is 4. The van der Waals surface area contributed by atoms with E-state index in [1.54, 1.807) is 22.8 Å². The van der Waals surface area contributed by atoms with Gasteiger partial charge in [0.1, 0.15) is 5.56 Å². The molecule has 0 aromatic carbocycles. The number of pyridine rings is 1. The molecule has 0 bridgehead atoms. The normalized spacial score (nSPS) is 10.6. The predicted octanol–water partition coefficient (Wildman–Crippen LogP) is 1.92. The lowest BCUT2D eigenvalue weighted by Crippen LogP contribution is -2.19. The Morgan fingerprint density at radius 1 is 1.53 bits per heavy atom. The van der Waals surface area contributed by atoms with Crippen LogP contribution in [0.4, 0.5) is 0 Å². The second-order valence-corrected chi connectivity index (χ2v) is 5.15. The van der Waals surface area contributed by atoms with Crippen LogP contribution in [0.25, 0.3) is 0 Å². The van der Waals surface area contributed by atoms with Crippen molar-refractivity contribution in [1.29, 1.82) is 0 Å². The quantitative estimate of drug-likeness (QED) is 0.927. The molecule has 2 aromatic rings. The first-order valence-corrected chi connectivity index (χ1v) is 6.77. The molecule has 100 valence electrons. The number of aromatic carboxylic acids is 1. The number of carboxylic acid groups (broad SMARTS) is 1. The summed E-state index contributed by atoms with van der Waals surface area (Å²) in [6, 6.07) is 1.34. The third-order valence-corrected chi connectivity index (χ3v) is 3.85. The van der Waals surface area contributed by atoms with E-state index in [1.165, 1.54) is 12.3 Å². The van der Waals surface area contributed by atoms with Gasteiger partial charge >= 0.3 is 5.97 Å². The lowest BCUT2D eigenvalue weighted by Gasteiger charge is -2.09. The number of thiazole rings is 1. The van der Waals surface area contributed by atoms with Gasteiger partial charge in [0.15, 0.2) is 5.43 Å². The van der Waals surface area contributed by atoms with Gasteiger partial charge < -0.3 is 9.67 Å². The molecule has 2 aromatic heterocycles. The third-order valence-electron chi connectivity index (χ3n) is 2.81. The van der Waals surface area contributed by atoms with Gasteiger partial charge in [-0.3, -0.25) is 4.79 Å². The first-order valence-electron chi connectivity index (χ1n) is 5.89. The topological polar surface area (TPSA) is 72.2 Å². The molecule has 5 nitrogen and oxygen atoms in total. The molecular formula is C13H14N2O3S. The molecule has 0 saturated heterocycles. The molecule has 0 spiro atoms. The van der Waals surface area contributed by atoms with Crippen LogP contribution in [0.2, 0.25) is 0 Å². The molecule has 0 amide bonds. The number of aryl methyl sites for hydroxylation is 2. The molecule has 6 heteroatoms. The Kier molecular flexibility index (Phi) is 3.80.